The highest BCUT2D eigenvalue weighted by Gasteiger charge is 2.29. The summed E-state index contributed by atoms with van der Waals surface area (Å²) in [5.41, 5.74) is 3.68. The molecule has 0 radical (unpaired) electrons. The van der Waals surface area contributed by atoms with Crippen LogP contribution in [0.1, 0.15) is 43.2 Å². The quantitative estimate of drug-likeness (QED) is 0.922. The average Bonchev–Trinajstić information content (AvgIpc) is 2.95. The molecule has 1 aliphatic heterocycles. The number of hydrogen-bond acceptors (Lipinski definition) is 4. The zero-order valence-electron chi connectivity index (χ0n) is 14.5. The van der Waals surface area contributed by atoms with Crippen molar-refractivity contribution in [2.45, 2.75) is 52.0 Å². The average molecular weight is 343 g/mol. The van der Waals surface area contributed by atoms with E-state index in [1.165, 1.54) is 22.2 Å². The van der Waals surface area contributed by atoms with Crippen LogP contribution in [0.2, 0.25) is 0 Å². The first-order valence-corrected chi connectivity index (χ1v) is 9.85. The van der Waals surface area contributed by atoms with Crippen LogP contribution in [0, 0.1) is 19.8 Å². The Balaban J connectivity index is 1.42. The number of aromatic nitrogens is 1. The van der Waals surface area contributed by atoms with Crippen molar-refractivity contribution >= 4 is 32.6 Å². The van der Waals surface area contributed by atoms with E-state index >= 15 is 0 Å². The summed E-state index contributed by atoms with van der Waals surface area (Å²) in [6.45, 7) is 6.13. The molecule has 0 unspecified atom stereocenters. The summed E-state index contributed by atoms with van der Waals surface area (Å²) < 4.78 is 1.27. The van der Waals surface area contributed by atoms with Crippen LogP contribution < -0.4 is 10.2 Å². The number of carbonyl (C=O) groups is 1. The van der Waals surface area contributed by atoms with Gasteiger partial charge in [-0.1, -0.05) is 17.4 Å². The topological polar surface area (TPSA) is 45.2 Å². The van der Waals surface area contributed by atoms with E-state index in [-0.39, 0.29) is 11.8 Å². The molecule has 1 aromatic carbocycles. The standard InChI is InChI=1S/C19H25N3OS/c1-12-10-13(2)17-16(11-12)24-19(21-17)22-8-6-14(7-9-22)18(23)20-15-4-3-5-15/h10-11,14-15H,3-9H2,1-2H3,(H,20,23). The molecule has 2 fully saturated rings. The van der Waals surface area contributed by atoms with Gasteiger partial charge in [-0.3, -0.25) is 4.79 Å². The molecule has 4 rings (SSSR count). The van der Waals surface area contributed by atoms with Crippen molar-refractivity contribution in [3.8, 4) is 0 Å². The van der Waals surface area contributed by atoms with Crippen LogP contribution >= 0.6 is 11.3 Å². The third-order valence-electron chi connectivity index (χ3n) is 5.41. The number of amides is 1. The summed E-state index contributed by atoms with van der Waals surface area (Å²) in [5, 5.41) is 4.31. The number of carbonyl (C=O) groups excluding carboxylic acids is 1. The summed E-state index contributed by atoms with van der Waals surface area (Å²) in [7, 11) is 0. The summed E-state index contributed by atoms with van der Waals surface area (Å²) in [6.07, 6.45) is 5.46. The maximum atomic E-state index is 12.3. The molecule has 4 nitrogen and oxygen atoms in total. The van der Waals surface area contributed by atoms with Gasteiger partial charge in [-0.25, -0.2) is 4.98 Å². The molecule has 2 aromatic rings. The fourth-order valence-electron chi connectivity index (χ4n) is 3.70. The Morgan fingerprint density at radius 1 is 1.21 bits per heavy atom. The molecule has 128 valence electrons. The van der Waals surface area contributed by atoms with E-state index in [0.717, 1.165) is 49.4 Å². The largest absolute Gasteiger partial charge is 0.353 e. The fraction of sp³-hybridized carbons (Fsp3) is 0.579. The molecule has 0 spiro atoms. The number of aryl methyl sites for hydroxylation is 2. The van der Waals surface area contributed by atoms with Gasteiger partial charge in [0.1, 0.15) is 0 Å². The fourth-order valence-corrected chi connectivity index (χ4v) is 4.89. The van der Waals surface area contributed by atoms with Crippen molar-refractivity contribution in [1.29, 1.82) is 0 Å². The molecule has 5 heteroatoms. The lowest BCUT2D eigenvalue weighted by Gasteiger charge is -2.33. The minimum absolute atomic E-state index is 0.181. The second-order valence-corrected chi connectivity index (χ2v) is 8.33. The zero-order chi connectivity index (χ0) is 16.7. The first-order chi connectivity index (χ1) is 11.6. The molecular weight excluding hydrogens is 318 g/mol. The zero-order valence-corrected chi connectivity index (χ0v) is 15.3. The van der Waals surface area contributed by atoms with Gasteiger partial charge in [0.2, 0.25) is 5.91 Å². The summed E-state index contributed by atoms with van der Waals surface area (Å²) in [4.78, 5) is 19.5. The van der Waals surface area contributed by atoms with Crippen LogP contribution in [0.5, 0.6) is 0 Å². The number of hydrogen-bond donors (Lipinski definition) is 1. The van der Waals surface area contributed by atoms with Crippen molar-refractivity contribution in [3.63, 3.8) is 0 Å². The smallest absolute Gasteiger partial charge is 0.223 e. The number of fused-ring (bicyclic) bond motifs is 1. The molecule has 1 saturated carbocycles. The molecular formula is C19H25N3OS. The molecule has 24 heavy (non-hydrogen) atoms. The van der Waals surface area contributed by atoms with E-state index < -0.39 is 0 Å². The molecule has 1 saturated heterocycles. The minimum atomic E-state index is 0.181. The van der Waals surface area contributed by atoms with Crippen molar-refractivity contribution in [3.05, 3.63) is 23.3 Å². The van der Waals surface area contributed by atoms with E-state index in [0.29, 0.717) is 6.04 Å². The van der Waals surface area contributed by atoms with Gasteiger partial charge in [0.05, 0.1) is 10.2 Å². The highest BCUT2D eigenvalue weighted by Crippen LogP contribution is 2.33. The Morgan fingerprint density at radius 2 is 1.96 bits per heavy atom. The normalized spacial score (nSPS) is 19.5. The van der Waals surface area contributed by atoms with Gasteiger partial charge in [0.25, 0.3) is 0 Å². The molecule has 1 aromatic heterocycles. The van der Waals surface area contributed by atoms with E-state index in [1.807, 2.05) is 0 Å². The number of rotatable bonds is 3. The number of nitrogens with one attached hydrogen (secondary N) is 1. The Hall–Kier alpha value is -1.62. The van der Waals surface area contributed by atoms with Gasteiger partial charge >= 0.3 is 0 Å². The Morgan fingerprint density at radius 3 is 2.62 bits per heavy atom. The molecule has 1 N–H and O–H groups in total. The van der Waals surface area contributed by atoms with Crippen LogP contribution in [0.25, 0.3) is 10.2 Å². The van der Waals surface area contributed by atoms with Crippen LogP contribution in [-0.4, -0.2) is 30.0 Å². The van der Waals surface area contributed by atoms with Gasteiger partial charge in [-0.05, 0) is 63.1 Å². The lowest BCUT2D eigenvalue weighted by Crippen LogP contribution is -2.46. The number of thiazole rings is 1. The summed E-state index contributed by atoms with van der Waals surface area (Å²) in [5.74, 6) is 0.454. The van der Waals surface area contributed by atoms with Crippen LogP contribution in [0.15, 0.2) is 12.1 Å². The highest BCUT2D eigenvalue weighted by molar-refractivity contribution is 7.22. The van der Waals surface area contributed by atoms with Gasteiger partial charge in [0.15, 0.2) is 5.13 Å². The van der Waals surface area contributed by atoms with Crippen LogP contribution in [0.4, 0.5) is 5.13 Å². The van der Waals surface area contributed by atoms with Crippen molar-refractivity contribution in [2.75, 3.05) is 18.0 Å². The first kappa shape index (κ1) is 15.9. The lowest BCUT2D eigenvalue weighted by atomic mass is 9.90. The van der Waals surface area contributed by atoms with Crippen LogP contribution in [-0.2, 0) is 4.79 Å². The minimum Gasteiger partial charge on any atom is -0.353 e. The molecule has 0 bridgehead atoms. The predicted octanol–water partition coefficient (Wildman–Crippen LogP) is 3.80. The highest BCUT2D eigenvalue weighted by atomic mass is 32.1. The molecule has 0 atom stereocenters. The van der Waals surface area contributed by atoms with Gasteiger partial charge in [-0.2, -0.15) is 0 Å². The molecule has 2 heterocycles. The predicted molar refractivity (Wildman–Crippen MR) is 99.8 cm³/mol. The second kappa shape index (κ2) is 6.36. The first-order valence-electron chi connectivity index (χ1n) is 9.03. The van der Waals surface area contributed by atoms with E-state index in [1.54, 1.807) is 11.3 Å². The van der Waals surface area contributed by atoms with Crippen molar-refractivity contribution < 1.29 is 4.79 Å². The van der Waals surface area contributed by atoms with Crippen molar-refractivity contribution in [1.82, 2.24) is 10.3 Å². The molecule has 1 aliphatic carbocycles. The second-order valence-electron chi connectivity index (χ2n) is 7.32. The molecule has 2 aliphatic rings. The van der Waals surface area contributed by atoms with Gasteiger partial charge in [-0.15, -0.1) is 0 Å². The van der Waals surface area contributed by atoms with E-state index in [2.05, 4.69) is 36.2 Å². The lowest BCUT2D eigenvalue weighted by molar-refractivity contribution is -0.126. The SMILES string of the molecule is Cc1cc(C)c2nc(N3CCC(C(=O)NC4CCC4)CC3)sc2c1. The maximum absolute atomic E-state index is 12.3. The van der Waals surface area contributed by atoms with Gasteiger partial charge < -0.3 is 10.2 Å². The number of piperidine rings is 1. The summed E-state index contributed by atoms with van der Waals surface area (Å²) in [6, 6.07) is 4.87. The van der Waals surface area contributed by atoms with Crippen molar-refractivity contribution in [2.24, 2.45) is 5.92 Å². The monoisotopic (exact) mass is 343 g/mol. The third kappa shape index (κ3) is 3.02. The number of anilines is 1. The summed E-state index contributed by atoms with van der Waals surface area (Å²) >= 11 is 1.78. The number of benzene rings is 1. The van der Waals surface area contributed by atoms with E-state index in [9.17, 15) is 4.79 Å². The molecule has 1 amide bonds. The Labute approximate surface area is 147 Å². The van der Waals surface area contributed by atoms with E-state index in [4.69, 9.17) is 4.98 Å². The number of nitrogens with zero attached hydrogens (tertiary/aromatic N) is 2. The Bertz CT molecular complexity index is 757. The third-order valence-corrected chi connectivity index (χ3v) is 6.47. The van der Waals surface area contributed by atoms with Gasteiger partial charge in [0, 0.05) is 25.0 Å². The maximum Gasteiger partial charge on any atom is 0.223 e. The van der Waals surface area contributed by atoms with Crippen LogP contribution in [0.3, 0.4) is 0 Å². The Kier molecular flexibility index (Phi) is 4.21.